The Morgan fingerprint density at radius 3 is 2.60 bits per heavy atom. The first-order valence-electron chi connectivity index (χ1n) is 10.9. The SMILES string of the molecule is COc1ccc(-c2c(C(=O)O)c(=O)n(Cc3cccc4c3OCO4)c3c2oc2ccccc23)cc1. The van der Waals surface area contributed by atoms with Crippen molar-refractivity contribution >= 4 is 28.0 Å². The largest absolute Gasteiger partial charge is 0.497 e. The minimum absolute atomic E-state index is 0.0779. The van der Waals surface area contributed by atoms with Gasteiger partial charge in [-0.05, 0) is 35.9 Å². The van der Waals surface area contributed by atoms with Crippen molar-refractivity contribution in [2.24, 2.45) is 0 Å². The molecule has 1 N–H and O–H groups in total. The van der Waals surface area contributed by atoms with E-state index in [1.807, 2.05) is 30.3 Å². The lowest BCUT2D eigenvalue weighted by Crippen LogP contribution is -2.28. The van der Waals surface area contributed by atoms with Gasteiger partial charge in [-0.1, -0.05) is 36.4 Å². The Labute approximate surface area is 198 Å². The van der Waals surface area contributed by atoms with E-state index in [9.17, 15) is 14.7 Å². The molecule has 6 rings (SSSR count). The molecule has 3 aromatic carbocycles. The first-order chi connectivity index (χ1) is 17.1. The third-order valence-corrected chi connectivity index (χ3v) is 6.17. The summed E-state index contributed by atoms with van der Waals surface area (Å²) in [4.78, 5) is 26.3. The molecule has 0 radical (unpaired) electrons. The normalized spacial score (nSPS) is 12.4. The molecule has 2 aromatic heterocycles. The number of nitrogens with zero attached hydrogens (tertiary/aromatic N) is 1. The van der Waals surface area contributed by atoms with Crippen molar-refractivity contribution in [3.05, 3.63) is 88.2 Å². The van der Waals surface area contributed by atoms with E-state index in [1.165, 1.54) is 4.57 Å². The van der Waals surface area contributed by atoms with Crippen molar-refractivity contribution in [2.45, 2.75) is 6.54 Å². The summed E-state index contributed by atoms with van der Waals surface area (Å²) in [5, 5.41) is 10.9. The van der Waals surface area contributed by atoms with Crippen LogP contribution in [0.3, 0.4) is 0 Å². The zero-order valence-electron chi connectivity index (χ0n) is 18.6. The van der Waals surface area contributed by atoms with E-state index >= 15 is 0 Å². The van der Waals surface area contributed by atoms with Gasteiger partial charge in [-0.3, -0.25) is 9.36 Å². The summed E-state index contributed by atoms with van der Waals surface area (Å²) in [5.41, 5.74) is 1.83. The number of carboxylic acid groups (broad SMARTS) is 1. The lowest BCUT2D eigenvalue weighted by Gasteiger charge is -2.15. The Hall–Kier alpha value is -4.72. The third-order valence-electron chi connectivity index (χ3n) is 6.17. The highest BCUT2D eigenvalue weighted by molar-refractivity contribution is 6.12. The first-order valence-corrected chi connectivity index (χ1v) is 10.9. The molecule has 1 aliphatic heterocycles. The Morgan fingerprint density at radius 2 is 1.83 bits per heavy atom. The number of carboxylic acids is 1. The summed E-state index contributed by atoms with van der Waals surface area (Å²) < 4.78 is 24.0. The number of pyridine rings is 1. The van der Waals surface area contributed by atoms with Crippen LogP contribution < -0.4 is 19.8 Å². The predicted molar refractivity (Wildman–Crippen MR) is 129 cm³/mol. The fourth-order valence-electron chi connectivity index (χ4n) is 4.59. The highest BCUT2D eigenvalue weighted by Crippen LogP contribution is 2.39. The molecule has 8 nitrogen and oxygen atoms in total. The van der Waals surface area contributed by atoms with Gasteiger partial charge >= 0.3 is 5.97 Å². The molecular weight excluding hydrogens is 450 g/mol. The van der Waals surface area contributed by atoms with E-state index < -0.39 is 11.5 Å². The molecule has 174 valence electrons. The lowest BCUT2D eigenvalue weighted by molar-refractivity contribution is 0.0695. The summed E-state index contributed by atoms with van der Waals surface area (Å²) in [5.74, 6) is 0.392. The molecule has 35 heavy (non-hydrogen) atoms. The zero-order chi connectivity index (χ0) is 24.1. The fraction of sp³-hybridized carbons (Fsp3) is 0.111. The van der Waals surface area contributed by atoms with E-state index in [2.05, 4.69) is 0 Å². The first kappa shape index (κ1) is 20.9. The number of hydrogen-bond acceptors (Lipinski definition) is 6. The van der Waals surface area contributed by atoms with Crippen LogP contribution >= 0.6 is 0 Å². The van der Waals surface area contributed by atoms with Gasteiger partial charge in [0.15, 0.2) is 17.1 Å². The number of aromatic nitrogens is 1. The molecule has 8 heteroatoms. The second-order valence-electron chi connectivity index (χ2n) is 8.10. The quantitative estimate of drug-likeness (QED) is 0.391. The second-order valence-corrected chi connectivity index (χ2v) is 8.10. The molecule has 5 aromatic rings. The summed E-state index contributed by atoms with van der Waals surface area (Å²) in [6.45, 7) is 0.163. The Morgan fingerprint density at radius 1 is 1.03 bits per heavy atom. The molecule has 1 aliphatic rings. The number of para-hydroxylation sites is 2. The van der Waals surface area contributed by atoms with Crippen LogP contribution in [0.1, 0.15) is 15.9 Å². The van der Waals surface area contributed by atoms with Gasteiger partial charge in [-0.25, -0.2) is 4.79 Å². The van der Waals surface area contributed by atoms with Gasteiger partial charge in [0.25, 0.3) is 5.56 Å². The van der Waals surface area contributed by atoms with Gasteiger partial charge < -0.3 is 23.7 Å². The topological polar surface area (TPSA) is 100 Å². The molecule has 0 aliphatic carbocycles. The lowest BCUT2D eigenvalue weighted by atomic mass is 9.99. The molecule has 0 fully saturated rings. The molecule has 0 unspecified atom stereocenters. The predicted octanol–water partition coefficient (Wildman–Crippen LogP) is 4.90. The van der Waals surface area contributed by atoms with E-state index in [1.54, 1.807) is 43.5 Å². The number of furan rings is 1. The minimum atomic E-state index is -1.34. The van der Waals surface area contributed by atoms with Gasteiger partial charge in [0.05, 0.1) is 19.2 Å². The molecule has 0 spiro atoms. The Balaban J connectivity index is 1.70. The van der Waals surface area contributed by atoms with Gasteiger partial charge in [0.1, 0.15) is 16.9 Å². The van der Waals surface area contributed by atoms with Crippen molar-refractivity contribution in [2.75, 3.05) is 13.9 Å². The van der Waals surface area contributed by atoms with Crippen LogP contribution in [-0.2, 0) is 6.54 Å². The number of rotatable bonds is 5. The summed E-state index contributed by atoms with van der Waals surface area (Å²) in [7, 11) is 1.55. The van der Waals surface area contributed by atoms with Gasteiger partial charge in [-0.2, -0.15) is 0 Å². The number of carbonyl (C=O) groups is 1. The number of fused-ring (bicyclic) bond motifs is 4. The van der Waals surface area contributed by atoms with Crippen molar-refractivity contribution in [3.63, 3.8) is 0 Å². The maximum Gasteiger partial charge on any atom is 0.342 e. The van der Waals surface area contributed by atoms with Crippen LogP contribution in [0, 0.1) is 0 Å². The zero-order valence-corrected chi connectivity index (χ0v) is 18.6. The maximum atomic E-state index is 13.8. The van der Waals surface area contributed by atoms with Crippen LogP contribution in [0.2, 0.25) is 0 Å². The fourth-order valence-corrected chi connectivity index (χ4v) is 4.59. The molecular formula is C27H19NO7. The summed E-state index contributed by atoms with van der Waals surface area (Å²) >= 11 is 0. The Bertz CT molecular complexity index is 1680. The van der Waals surface area contributed by atoms with Crippen LogP contribution in [0.15, 0.2) is 75.9 Å². The van der Waals surface area contributed by atoms with Gasteiger partial charge in [0.2, 0.25) is 6.79 Å². The van der Waals surface area contributed by atoms with E-state index in [-0.39, 0.29) is 24.5 Å². The number of methoxy groups -OCH3 is 1. The van der Waals surface area contributed by atoms with E-state index in [0.29, 0.717) is 50.4 Å². The van der Waals surface area contributed by atoms with Crippen molar-refractivity contribution in [3.8, 4) is 28.4 Å². The monoisotopic (exact) mass is 469 g/mol. The van der Waals surface area contributed by atoms with Crippen LogP contribution in [0.4, 0.5) is 0 Å². The average molecular weight is 469 g/mol. The number of aromatic carboxylic acids is 1. The molecule has 0 atom stereocenters. The highest BCUT2D eigenvalue weighted by atomic mass is 16.7. The van der Waals surface area contributed by atoms with Crippen molar-refractivity contribution < 1.29 is 28.5 Å². The van der Waals surface area contributed by atoms with Gasteiger partial charge in [-0.15, -0.1) is 0 Å². The third kappa shape index (κ3) is 3.22. The number of benzene rings is 3. The molecule has 0 amide bonds. The number of ether oxygens (including phenoxy) is 3. The molecule has 0 saturated heterocycles. The van der Waals surface area contributed by atoms with Crippen LogP contribution in [0.5, 0.6) is 17.2 Å². The van der Waals surface area contributed by atoms with Crippen LogP contribution in [0.25, 0.3) is 33.2 Å². The standard InChI is InChI=1S/C27H19NO7/c1-32-17-11-9-15(10-12-17)21-22(27(30)31)26(29)28(13-16-5-4-8-20-24(16)34-14-33-20)23-18-6-2-3-7-19(18)35-25(21)23/h2-12H,13-14H2,1H3,(H,30,31). The summed E-state index contributed by atoms with van der Waals surface area (Å²) in [6.07, 6.45) is 0. The molecule has 0 saturated carbocycles. The van der Waals surface area contributed by atoms with Crippen molar-refractivity contribution in [1.29, 1.82) is 0 Å². The molecule has 3 heterocycles. The van der Waals surface area contributed by atoms with E-state index in [0.717, 1.165) is 0 Å². The maximum absolute atomic E-state index is 13.8. The highest BCUT2D eigenvalue weighted by Gasteiger charge is 2.28. The van der Waals surface area contributed by atoms with Crippen LogP contribution in [-0.4, -0.2) is 29.5 Å². The average Bonchev–Trinajstić information content (AvgIpc) is 3.50. The van der Waals surface area contributed by atoms with E-state index in [4.69, 9.17) is 18.6 Å². The minimum Gasteiger partial charge on any atom is -0.497 e. The smallest absolute Gasteiger partial charge is 0.342 e. The molecule has 0 bridgehead atoms. The Kier molecular flexibility index (Phi) is 4.74. The van der Waals surface area contributed by atoms with Gasteiger partial charge in [0, 0.05) is 16.5 Å². The van der Waals surface area contributed by atoms with Crippen molar-refractivity contribution in [1.82, 2.24) is 4.57 Å². The number of hydrogen-bond donors (Lipinski definition) is 1. The second kappa shape index (κ2) is 7.95. The summed E-state index contributed by atoms with van der Waals surface area (Å²) in [6, 6.07) is 19.6.